The fourth-order valence-corrected chi connectivity index (χ4v) is 2.63. The summed E-state index contributed by atoms with van der Waals surface area (Å²) in [6.45, 7) is 2.08. The minimum atomic E-state index is 1.08. The molecule has 0 bridgehead atoms. The van der Waals surface area contributed by atoms with Crippen LogP contribution >= 0.6 is 31.9 Å². The third-order valence-corrected chi connectivity index (χ3v) is 3.20. The van der Waals surface area contributed by atoms with Crippen molar-refractivity contribution < 1.29 is 0 Å². The Kier molecular flexibility index (Phi) is 2.79. The molecule has 1 heterocycles. The van der Waals surface area contributed by atoms with Crippen LogP contribution in [0.4, 0.5) is 0 Å². The molecule has 0 saturated carbocycles. The number of aromatic nitrogens is 1. The van der Waals surface area contributed by atoms with Gasteiger partial charge in [0.1, 0.15) is 0 Å². The van der Waals surface area contributed by atoms with E-state index in [2.05, 4.69) is 55.9 Å². The first-order valence-corrected chi connectivity index (χ1v) is 5.86. The molecule has 0 fully saturated rings. The first-order chi connectivity index (χ1) is 6.66. The SMILES string of the molecule is Cc1c[nH]c(-c2ccc(Br)cc2Br)c1. The van der Waals surface area contributed by atoms with Crippen molar-refractivity contribution in [1.82, 2.24) is 4.98 Å². The molecule has 0 aliphatic heterocycles. The van der Waals surface area contributed by atoms with Crippen LogP contribution in [0.25, 0.3) is 11.3 Å². The van der Waals surface area contributed by atoms with Crippen molar-refractivity contribution in [2.45, 2.75) is 6.92 Å². The number of aryl methyl sites for hydroxylation is 1. The number of rotatable bonds is 1. The highest BCUT2D eigenvalue weighted by Crippen LogP contribution is 2.30. The second-order valence-electron chi connectivity index (χ2n) is 3.21. The molecule has 0 radical (unpaired) electrons. The van der Waals surface area contributed by atoms with Crippen LogP contribution in [-0.2, 0) is 0 Å². The smallest absolute Gasteiger partial charge is 0.0468 e. The number of halogens is 2. The molecule has 1 aromatic heterocycles. The highest BCUT2D eigenvalue weighted by molar-refractivity contribution is 9.11. The lowest BCUT2D eigenvalue weighted by atomic mass is 10.1. The van der Waals surface area contributed by atoms with E-state index in [1.165, 1.54) is 11.1 Å². The number of hydrogen-bond acceptors (Lipinski definition) is 0. The molecule has 0 aliphatic rings. The van der Waals surface area contributed by atoms with Crippen molar-refractivity contribution in [3.63, 3.8) is 0 Å². The van der Waals surface area contributed by atoms with E-state index in [1.807, 2.05) is 18.3 Å². The van der Waals surface area contributed by atoms with Gasteiger partial charge in [-0.15, -0.1) is 0 Å². The second-order valence-corrected chi connectivity index (χ2v) is 4.98. The molecule has 0 spiro atoms. The Labute approximate surface area is 99.8 Å². The van der Waals surface area contributed by atoms with Crippen LogP contribution in [0, 0.1) is 6.92 Å². The van der Waals surface area contributed by atoms with E-state index >= 15 is 0 Å². The predicted octanol–water partition coefficient (Wildman–Crippen LogP) is 4.52. The average molecular weight is 315 g/mol. The summed E-state index contributed by atoms with van der Waals surface area (Å²) in [6, 6.07) is 8.30. The molecule has 0 atom stereocenters. The van der Waals surface area contributed by atoms with Crippen LogP contribution in [0.3, 0.4) is 0 Å². The summed E-state index contributed by atoms with van der Waals surface area (Å²) in [7, 11) is 0. The Bertz CT molecular complexity index is 460. The van der Waals surface area contributed by atoms with Crippen LogP contribution in [0.2, 0.25) is 0 Å². The van der Waals surface area contributed by atoms with Crippen molar-refractivity contribution >= 4 is 31.9 Å². The molecule has 0 unspecified atom stereocenters. The highest BCUT2D eigenvalue weighted by atomic mass is 79.9. The van der Waals surface area contributed by atoms with Gasteiger partial charge >= 0.3 is 0 Å². The van der Waals surface area contributed by atoms with Gasteiger partial charge in [-0.25, -0.2) is 0 Å². The maximum Gasteiger partial charge on any atom is 0.0468 e. The zero-order valence-corrected chi connectivity index (χ0v) is 10.8. The van der Waals surface area contributed by atoms with Gasteiger partial charge in [0.15, 0.2) is 0 Å². The van der Waals surface area contributed by atoms with E-state index < -0.39 is 0 Å². The van der Waals surface area contributed by atoms with Gasteiger partial charge in [-0.2, -0.15) is 0 Å². The Morgan fingerprint density at radius 2 is 1.93 bits per heavy atom. The third kappa shape index (κ3) is 1.93. The largest absolute Gasteiger partial charge is 0.361 e. The zero-order chi connectivity index (χ0) is 10.1. The quantitative estimate of drug-likeness (QED) is 0.797. The maximum absolute atomic E-state index is 3.54. The molecule has 0 saturated heterocycles. The van der Waals surface area contributed by atoms with Gasteiger partial charge in [0.25, 0.3) is 0 Å². The minimum Gasteiger partial charge on any atom is -0.361 e. The van der Waals surface area contributed by atoms with Crippen molar-refractivity contribution in [3.05, 3.63) is 45.0 Å². The van der Waals surface area contributed by atoms with E-state index in [1.54, 1.807) is 0 Å². The summed E-state index contributed by atoms with van der Waals surface area (Å²) < 4.78 is 2.17. The molecule has 72 valence electrons. The molecular weight excluding hydrogens is 306 g/mol. The van der Waals surface area contributed by atoms with E-state index in [-0.39, 0.29) is 0 Å². The lowest BCUT2D eigenvalue weighted by molar-refractivity contribution is 1.37. The Morgan fingerprint density at radius 3 is 2.50 bits per heavy atom. The first-order valence-electron chi connectivity index (χ1n) is 4.27. The number of aromatic amines is 1. The van der Waals surface area contributed by atoms with Gasteiger partial charge in [-0.1, -0.05) is 37.9 Å². The molecule has 1 aromatic carbocycles. The maximum atomic E-state index is 3.54. The summed E-state index contributed by atoms with van der Waals surface area (Å²) in [6.07, 6.45) is 2.00. The summed E-state index contributed by atoms with van der Waals surface area (Å²) >= 11 is 6.98. The molecule has 1 N–H and O–H groups in total. The Morgan fingerprint density at radius 1 is 1.14 bits per heavy atom. The third-order valence-electron chi connectivity index (χ3n) is 2.05. The molecule has 14 heavy (non-hydrogen) atoms. The molecule has 2 rings (SSSR count). The van der Waals surface area contributed by atoms with Gasteiger partial charge in [0.2, 0.25) is 0 Å². The van der Waals surface area contributed by atoms with E-state index in [0.717, 1.165) is 14.6 Å². The van der Waals surface area contributed by atoms with Gasteiger partial charge in [-0.05, 0) is 30.7 Å². The molecule has 0 aliphatic carbocycles. The Balaban J connectivity index is 2.52. The standard InChI is InChI=1S/C11H9Br2N/c1-7-4-11(14-6-7)9-3-2-8(12)5-10(9)13/h2-6,14H,1H3. The normalized spacial score (nSPS) is 10.5. The van der Waals surface area contributed by atoms with Crippen molar-refractivity contribution in [2.24, 2.45) is 0 Å². The highest BCUT2D eigenvalue weighted by Gasteiger charge is 2.04. The first kappa shape index (κ1) is 9.99. The van der Waals surface area contributed by atoms with Crippen LogP contribution < -0.4 is 0 Å². The van der Waals surface area contributed by atoms with E-state index in [9.17, 15) is 0 Å². The number of hydrogen-bond donors (Lipinski definition) is 1. The lowest BCUT2D eigenvalue weighted by Crippen LogP contribution is -1.79. The Hall–Kier alpha value is -0.540. The minimum absolute atomic E-state index is 1.08. The number of H-pyrrole nitrogens is 1. The van der Waals surface area contributed by atoms with Crippen LogP contribution in [0.1, 0.15) is 5.56 Å². The van der Waals surface area contributed by atoms with Crippen LogP contribution in [0.5, 0.6) is 0 Å². The summed E-state index contributed by atoms with van der Waals surface area (Å²) in [4.78, 5) is 3.24. The predicted molar refractivity (Wildman–Crippen MR) is 66.4 cm³/mol. The van der Waals surface area contributed by atoms with Crippen molar-refractivity contribution in [2.75, 3.05) is 0 Å². The molecule has 0 amide bonds. The van der Waals surface area contributed by atoms with Gasteiger partial charge < -0.3 is 4.98 Å². The fourth-order valence-electron chi connectivity index (χ4n) is 1.37. The molecule has 3 heteroatoms. The molecular formula is C11H9Br2N. The zero-order valence-electron chi connectivity index (χ0n) is 7.64. The topological polar surface area (TPSA) is 15.8 Å². The number of benzene rings is 1. The van der Waals surface area contributed by atoms with Gasteiger partial charge in [-0.3, -0.25) is 0 Å². The molecule has 2 aromatic rings. The summed E-state index contributed by atoms with van der Waals surface area (Å²) in [5, 5.41) is 0. The van der Waals surface area contributed by atoms with E-state index in [0.29, 0.717) is 0 Å². The second kappa shape index (κ2) is 3.91. The monoisotopic (exact) mass is 313 g/mol. The van der Waals surface area contributed by atoms with Crippen LogP contribution in [-0.4, -0.2) is 4.98 Å². The fraction of sp³-hybridized carbons (Fsp3) is 0.0909. The van der Waals surface area contributed by atoms with Crippen LogP contribution in [0.15, 0.2) is 39.4 Å². The van der Waals surface area contributed by atoms with Gasteiger partial charge in [0.05, 0.1) is 0 Å². The van der Waals surface area contributed by atoms with E-state index in [4.69, 9.17) is 0 Å². The molecule has 1 nitrogen and oxygen atoms in total. The van der Waals surface area contributed by atoms with Crippen molar-refractivity contribution in [3.8, 4) is 11.3 Å². The number of nitrogens with one attached hydrogen (secondary N) is 1. The lowest BCUT2D eigenvalue weighted by Gasteiger charge is -2.02. The van der Waals surface area contributed by atoms with Gasteiger partial charge in [0, 0.05) is 26.4 Å². The summed E-state index contributed by atoms with van der Waals surface area (Å²) in [5.41, 5.74) is 3.57. The average Bonchev–Trinajstić information content (AvgIpc) is 2.51. The van der Waals surface area contributed by atoms with Crippen molar-refractivity contribution in [1.29, 1.82) is 0 Å². The summed E-state index contributed by atoms with van der Waals surface area (Å²) in [5.74, 6) is 0.